The molecule has 5 nitrogen and oxygen atoms in total. The van der Waals surface area contributed by atoms with E-state index < -0.39 is 0 Å². The first kappa shape index (κ1) is 9.51. The van der Waals surface area contributed by atoms with E-state index in [1.165, 1.54) is 12.4 Å². The van der Waals surface area contributed by atoms with Crippen LogP contribution in [0.3, 0.4) is 0 Å². The molecule has 0 saturated heterocycles. The summed E-state index contributed by atoms with van der Waals surface area (Å²) in [6.45, 7) is 0. The number of rotatable bonds is 3. The van der Waals surface area contributed by atoms with Gasteiger partial charge in [-0.2, -0.15) is 5.10 Å². The average Bonchev–Trinajstić information content (AvgIpc) is 2.65. The molecule has 0 bridgehead atoms. The Bertz CT molecular complexity index is 463. The van der Waals surface area contributed by atoms with Crippen molar-refractivity contribution in [2.24, 2.45) is 7.05 Å². The van der Waals surface area contributed by atoms with Crippen LogP contribution in [0.5, 0.6) is 0 Å². The van der Waals surface area contributed by atoms with Gasteiger partial charge in [-0.1, -0.05) is 0 Å². The standard InChI is InChI=1S/C10H10N4O/c1-14-7-8(5-13-14)4-10(15)9-6-11-2-3-12-9/h2-3,5-7H,4H2,1H3. The van der Waals surface area contributed by atoms with Gasteiger partial charge in [-0.05, 0) is 5.56 Å². The van der Waals surface area contributed by atoms with Gasteiger partial charge in [-0.15, -0.1) is 0 Å². The van der Waals surface area contributed by atoms with Crippen LogP contribution in [0.1, 0.15) is 16.1 Å². The predicted octanol–water partition coefficient (Wildman–Crippen LogP) is 0.635. The van der Waals surface area contributed by atoms with Gasteiger partial charge in [-0.3, -0.25) is 14.5 Å². The molecule has 0 amide bonds. The van der Waals surface area contributed by atoms with Crippen molar-refractivity contribution in [1.82, 2.24) is 19.7 Å². The summed E-state index contributed by atoms with van der Waals surface area (Å²) >= 11 is 0. The van der Waals surface area contributed by atoms with Gasteiger partial charge in [0, 0.05) is 32.1 Å². The minimum absolute atomic E-state index is 0.0453. The highest BCUT2D eigenvalue weighted by Gasteiger charge is 2.09. The maximum absolute atomic E-state index is 11.7. The van der Waals surface area contributed by atoms with E-state index in [2.05, 4.69) is 15.1 Å². The van der Waals surface area contributed by atoms with Crippen LogP contribution in [0.15, 0.2) is 31.0 Å². The minimum Gasteiger partial charge on any atom is -0.292 e. The SMILES string of the molecule is Cn1cc(CC(=O)c2cnccn2)cn1. The van der Waals surface area contributed by atoms with Crippen molar-refractivity contribution in [1.29, 1.82) is 0 Å². The van der Waals surface area contributed by atoms with Gasteiger partial charge >= 0.3 is 0 Å². The normalized spacial score (nSPS) is 10.2. The summed E-state index contributed by atoms with van der Waals surface area (Å²) in [7, 11) is 1.82. The van der Waals surface area contributed by atoms with Crippen LogP contribution in [0.2, 0.25) is 0 Å². The molecule has 0 radical (unpaired) electrons. The Hall–Kier alpha value is -2.04. The molecule has 2 aromatic heterocycles. The van der Waals surface area contributed by atoms with Crippen molar-refractivity contribution in [3.8, 4) is 0 Å². The number of nitrogens with zero attached hydrogens (tertiary/aromatic N) is 4. The van der Waals surface area contributed by atoms with Crippen LogP contribution in [0.4, 0.5) is 0 Å². The van der Waals surface area contributed by atoms with Gasteiger partial charge in [-0.25, -0.2) is 4.98 Å². The number of carbonyl (C=O) groups excluding carboxylic acids is 1. The van der Waals surface area contributed by atoms with Gasteiger partial charge in [0.05, 0.1) is 12.4 Å². The van der Waals surface area contributed by atoms with Crippen molar-refractivity contribution in [3.63, 3.8) is 0 Å². The molecular weight excluding hydrogens is 192 g/mol. The fraction of sp³-hybridized carbons (Fsp3) is 0.200. The lowest BCUT2D eigenvalue weighted by Crippen LogP contribution is -2.05. The summed E-state index contributed by atoms with van der Waals surface area (Å²) in [5, 5.41) is 3.99. The zero-order chi connectivity index (χ0) is 10.7. The van der Waals surface area contributed by atoms with Crippen molar-refractivity contribution in [2.75, 3.05) is 0 Å². The van der Waals surface area contributed by atoms with E-state index in [-0.39, 0.29) is 5.78 Å². The van der Waals surface area contributed by atoms with E-state index in [0.29, 0.717) is 12.1 Å². The highest BCUT2D eigenvalue weighted by molar-refractivity contribution is 5.95. The van der Waals surface area contributed by atoms with Crippen LogP contribution in [-0.2, 0) is 13.5 Å². The molecule has 0 aliphatic carbocycles. The number of aryl methyl sites for hydroxylation is 1. The molecule has 5 heteroatoms. The molecule has 15 heavy (non-hydrogen) atoms. The van der Waals surface area contributed by atoms with E-state index in [1.807, 2.05) is 13.2 Å². The summed E-state index contributed by atoms with van der Waals surface area (Å²) in [4.78, 5) is 19.5. The second kappa shape index (κ2) is 4.00. The van der Waals surface area contributed by atoms with Crippen LogP contribution < -0.4 is 0 Å². The molecule has 0 aliphatic heterocycles. The molecular formula is C10H10N4O. The molecule has 0 saturated carbocycles. The predicted molar refractivity (Wildman–Crippen MR) is 53.3 cm³/mol. The molecule has 0 aliphatic rings. The quantitative estimate of drug-likeness (QED) is 0.685. The molecule has 2 rings (SSSR count). The van der Waals surface area contributed by atoms with E-state index in [1.54, 1.807) is 17.1 Å². The highest BCUT2D eigenvalue weighted by Crippen LogP contribution is 2.03. The van der Waals surface area contributed by atoms with E-state index in [0.717, 1.165) is 5.56 Å². The highest BCUT2D eigenvalue weighted by atomic mass is 16.1. The van der Waals surface area contributed by atoms with E-state index >= 15 is 0 Å². The molecule has 76 valence electrons. The van der Waals surface area contributed by atoms with Crippen LogP contribution in [0, 0.1) is 0 Å². The Balaban J connectivity index is 2.11. The number of aromatic nitrogens is 4. The maximum atomic E-state index is 11.7. The van der Waals surface area contributed by atoms with Crippen LogP contribution in [0.25, 0.3) is 0 Å². The molecule has 2 heterocycles. The van der Waals surface area contributed by atoms with Crippen molar-refractivity contribution in [2.45, 2.75) is 6.42 Å². The Morgan fingerprint density at radius 2 is 2.27 bits per heavy atom. The zero-order valence-electron chi connectivity index (χ0n) is 8.29. The summed E-state index contributed by atoms with van der Waals surface area (Å²) in [6, 6.07) is 0. The number of hydrogen-bond donors (Lipinski definition) is 0. The molecule has 0 unspecified atom stereocenters. The second-order valence-corrected chi connectivity index (χ2v) is 3.21. The Labute approximate surface area is 86.8 Å². The van der Waals surface area contributed by atoms with Gasteiger partial charge in [0.1, 0.15) is 5.69 Å². The molecule has 0 spiro atoms. The first-order valence-electron chi connectivity index (χ1n) is 4.52. The Kier molecular flexibility index (Phi) is 2.53. The van der Waals surface area contributed by atoms with E-state index in [9.17, 15) is 4.79 Å². The monoisotopic (exact) mass is 202 g/mol. The smallest absolute Gasteiger partial charge is 0.187 e. The fourth-order valence-corrected chi connectivity index (χ4v) is 1.28. The summed E-state index contributed by atoms with van der Waals surface area (Å²) in [5.74, 6) is -0.0453. The third kappa shape index (κ3) is 2.25. The molecule has 0 atom stereocenters. The minimum atomic E-state index is -0.0453. The summed E-state index contributed by atoms with van der Waals surface area (Å²) < 4.78 is 1.67. The zero-order valence-corrected chi connectivity index (χ0v) is 8.29. The topological polar surface area (TPSA) is 60.7 Å². The van der Waals surface area contributed by atoms with Gasteiger partial charge < -0.3 is 0 Å². The molecule has 0 fully saturated rings. The fourth-order valence-electron chi connectivity index (χ4n) is 1.28. The largest absolute Gasteiger partial charge is 0.292 e. The number of ketones is 1. The lowest BCUT2D eigenvalue weighted by molar-refractivity contribution is 0.0988. The molecule has 2 aromatic rings. The maximum Gasteiger partial charge on any atom is 0.187 e. The molecule has 0 N–H and O–H groups in total. The summed E-state index contributed by atoms with van der Waals surface area (Å²) in [6.07, 6.45) is 8.32. The first-order valence-corrected chi connectivity index (χ1v) is 4.52. The lowest BCUT2D eigenvalue weighted by Gasteiger charge is -1.96. The van der Waals surface area contributed by atoms with Gasteiger partial charge in [0.25, 0.3) is 0 Å². The lowest BCUT2D eigenvalue weighted by atomic mass is 10.1. The van der Waals surface area contributed by atoms with Crippen molar-refractivity contribution >= 4 is 5.78 Å². The number of hydrogen-bond acceptors (Lipinski definition) is 4. The van der Waals surface area contributed by atoms with Gasteiger partial charge in [0.2, 0.25) is 0 Å². The Morgan fingerprint density at radius 3 is 2.87 bits per heavy atom. The van der Waals surface area contributed by atoms with E-state index in [4.69, 9.17) is 0 Å². The third-order valence-corrected chi connectivity index (χ3v) is 1.97. The second-order valence-electron chi connectivity index (χ2n) is 3.21. The van der Waals surface area contributed by atoms with Crippen LogP contribution in [-0.4, -0.2) is 25.5 Å². The summed E-state index contributed by atoms with van der Waals surface area (Å²) in [5.41, 5.74) is 1.27. The number of Topliss-reactive ketones (excluding diaryl/α,β-unsaturated/α-hetero) is 1. The Morgan fingerprint density at radius 1 is 1.40 bits per heavy atom. The average molecular weight is 202 g/mol. The third-order valence-electron chi connectivity index (χ3n) is 1.97. The van der Waals surface area contributed by atoms with Crippen molar-refractivity contribution in [3.05, 3.63) is 42.2 Å². The van der Waals surface area contributed by atoms with Gasteiger partial charge in [0.15, 0.2) is 5.78 Å². The first-order chi connectivity index (χ1) is 7.25. The van der Waals surface area contributed by atoms with Crippen LogP contribution >= 0.6 is 0 Å². The van der Waals surface area contributed by atoms with Crippen molar-refractivity contribution < 1.29 is 4.79 Å². The molecule has 0 aromatic carbocycles. The number of carbonyl (C=O) groups is 1.